The van der Waals surface area contributed by atoms with Gasteiger partial charge in [0.15, 0.2) is 9.84 Å². The van der Waals surface area contributed by atoms with Crippen LogP contribution in [0.15, 0.2) is 29.2 Å². The standard InChI is InChI=1S/C19H22N2O4S2/c1-3-27(24,25)13-6-4-5-12(10-13)18(23)21-19-16(17(20)22)14-8-7-11(2)9-15(14)26-19/h4-6,10-11H,3,7-9H2,1-2H3,(H2,20,22)(H,21,23). The zero-order valence-electron chi connectivity index (χ0n) is 15.2. The van der Waals surface area contributed by atoms with E-state index in [4.69, 9.17) is 5.73 Å². The fourth-order valence-electron chi connectivity index (χ4n) is 3.27. The number of hydrogen-bond donors (Lipinski definition) is 2. The molecule has 0 saturated heterocycles. The zero-order valence-corrected chi connectivity index (χ0v) is 16.9. The quantitative estimate of drug-likeness (QED) is 0.796. The monoisotopic (exact) mass is 406 g/mol. The second-order valence-corrected chi connectivity index (χ2v) is 10.2. The molecule has 144 valence electrons. The first kappa shape index (κ1) is 19.6. The lowest BCUT2D eigenvalue weighted by Crippen LogP contribution is -2.19. The number of carbonyl (C=O) groups is 2. The number of fused-ring (bicyclic) bond motifs is 1. The van der Waals surface area contributed by atoms with E-state index in [1.54, 1.807) is 13.0 Å². The first-order valence-corrected chi connectivity index (χ1v) is 11.3. The summed E-state index contributed by atoms with van der Waals surface area (Å²) in [6.45, 7) is 3.71. The lowest BCUT2D eigenvalue weighted by molar-refractivity contribution is 0.1000. The topological polar surface area (TPSA) is 106 Å². The first-order chi connectivity index (χ1) is 12.7. The number of hydrogen-bond acceptors (Lipinski definition) is 5. The van der Waals surface area contributed by atoms with Crippen molar-refractivity contribution >= 4 is 38.0 Å². The van der Waals surface area contributed by atoms with E-state index in [1.807, 2.05) is 0 Å². The Hall–Kier alpha value is -2.19. The number of primary amides is 1. The van der Waals surface area contributed by atoms with Gasteiger partial charge in [0.05, 0.1) is 16.2 Å². The number of nitrogens with one attached hydrogen (secondary N) is 1. The van der Waals surface area contributed by atoms with E-state index in [2.05, 4.69) is 12.2 Å². The maximum Gasteiger partial charge on any atom is 0.256 e. The smallest absolute Gasteiger partial charge is 0.256 e. The van der Waals surface area contributed by atoms with Crippen LogP contribution in [0.5, 0.6) is 0 Å². The van der Waals surface area contributed by atoms with E-state index in [1.165, 1.54) is 29.5 Å². The number of nitrogens with two attached hydrogens (primary N) is 1. The Morgan fingerprint density at radius 3 is 2.74 bits per heavy atom. The summed E-state index contributed by atoms with van der Waals surface area (Å²) < 4.78 is 24.1. The summed E-state index contributed by atoms with van der Waals surface area (Å²) in [6.07, 6.45) is 2.61. The molecule has 0 aliphatic heterocycles. The van der Waals surface area contributed by atoms with Gasteiger partial charge in [-0.2, -0.15) is 0 Å². The normalized spacial score (nSPS) is 16.6. The van der Waals surface area contributed by atoms with Gasteiger partial charge in [-0.15, -0.1) is 11.3 Å². The lowest BCUT2D eigenvalue weighted by Gasteiger charge is -2.18. The van der Waals surface area contributed by atoms with E-state index < -0.39 is 21.7 Å². The molecule has 1 aromatic carbocycles. The third-order valence-corrected chi connectivity index (χ3v) is 7.72. The van der Waals surface area contributed by atoms with Gasteiger partial charge in [-0.25, -0.2) is 8.42 Å². The third-order valence-electron chi connectivity index (χ3n) is 4.82. The molecule has 1 aliphatic rings. The zero-order chi connectivity index (χ0) is 19.8. The summed E-state index contributed by atoms with van der Waals surface area (Å²) in [5.41, 5.74) is 7.11. The number of carbonyl (C=O) groups excluding carboxylic acids is 2. The molecule has 2 amide bonds. The first-order valence-electron chi connectivity index (χ1n) is 8.81. The van der Waals surface area contributed by atoms with Crippen LogP contribution in [-0.2, 0) is 22.7 Å². The van der Waals surface area contributed by atoms with Gasteiger partial charge in [0.1, 0.15) is 5.00 Å². The Bertz CT molecular complexity index is 1010. The molecule has 1 aliphatic carbocycles. The molecule has 3 N–H and O–H groups in total. The predicted octanol–water partition coefficient (Wildman–Crippen LogP) is 3.02. The molecule has 0 spiro atoms. The molecule has 0 fully saturated rings. The van der Waals surface area contributed by atoms with E-state index in [0.29, 0.717) is 16.5 Å². The molecule has 1 aromatic heterocycles. The Morgan fingerprint density at radius 1 is 1.33 bits per heavy atom. The minimum atomic E-state index is -3.41. The van der Waals surface area contributed by atoms with Gasteiger partial charge in [-0.05, 0) is 48.9 Å². The van der Waals surface area contributed by atoms with E-state index in [9.17, 15) is 18.0 Å². The molecule has 3 rings (SSSR count). The summed E-state index contributed by atoms with van der Waals surface area (Å²) in [6, 6.07) is 5.90. The average Bonchev–Trinajstić information content (AvgIpc) is 2.98. The SMILES string of the molecule is CCS(=O)(=O)c1cccc(C(=O)Nc2sc3c(c2C(N)=O)CCC(C)C3)c1. The highest BCUT2D eigenvalue weighted by Gasteiger charge is 2.27. The highest BCUT2D eigenvalue weighted by molar-refractivity contribution is 7.91. The third kappa shape index (κ3) is 3.91. The average molecular weight is 407 g/mol. The number of anilines is 1. The molecule has 6 nitrogen and oxygen atoms in total. The van der Waals surface area contributed by atoms with Crippen molar-refractivity contribution < 1.29 is 18.0 Å². The van der Waals surface area contributed by atoms with Crippen LogP contribution in [-0.4, -0.2) is 26.0 Å². The van der Waals surface area contributed by atoms with Crippen molar-refractivity contribution in [1.82, 2.24) is 0 Å². The molecule has 1 heterocycles. The fourth-order valence-corrected chi connectivity index (χ4v) is 5.61. The number of amides is 2. The molecule has 0 radical (unpaired) electrons. The summed E-state index contributed by atoms with van der Waals surface area (Å²) in [7, 11) is -3.41. The number of sulfone groups is 1. The van der Waals surface area contributed by atoms with E-state index in [0.717, 1.165) is 29.7 Å². The number of benzene rings is 1. The molecule has 2 aromatic rings. The summed E-state index contributed by atoms with van der Waals surface area (Å²) >= 11 is 1.38. The van der Waals surface area contributed by atoms with Crippen LogP contribution < -0.4 is 11.1 Å². The van der Waals surface area contributed by atoms with Gasteiger partial charge in [0, 0.05) is 10.4 Å². The fraction of sp³-hybridized carbons (Fsp3) is 0.368. The van der Waals surface area contributed by atoms with Crippen LogP contribution >= 0.6 is 11.3 Å². The van der Waals surface area contributed by atoms with Crippen LogP contribution in [0.2, 0.25) is 0 Å². The molecule has 0 saturated carbocycles. The highest BCUT2D eigenvalue weighted by atomic mass is 32.2. The van der Waals surface area contributed by atoms with Crippen molar-refractivity contribution in [2.24, 2.45) is 11.7 Å². The van der Waals surface area contributed by atoms with Gasteiger partial charge in [0.25, 0.3) is 11.8 Å². The number of thiophene rings is 1. The maximum absolute atomic E-state index is 12.7. The van der Waals surface area contributed by atoms with Crippen molar-refractivity contribution in [3.63, 3.8) is 0 Å². The van der Waals surface area contributed by atoms with Gasteiger partial charge in [-0.3, -0.25) is 9.59 Å². The van der Waals surface area contributed by atoms with Crippen molar-refractivity contribution in [3.8, 4) is 0 Å². The molecule has 8 heteroatoms. The molecule has 1 unspecified atom stereocenters. The van der Waals surface area contributed by atoms with Crippen LogP contribution in [0.4, 0.5) is 5.00 Å². The Kier molecular flexibility index (Phi) is 5.39. The lowest BCUT2D eigenvalue weighted by atomic mass is 9.88. The van der Waals surface area contributed by atoms with Crippen molar-refractivity contribution in [3.05, 3.63) is 45.8 Å². The van der Waals surface area contributed by atoms with Crippen LogP contribution in [0.1, 0.15) is 51.4 Å². The summed E-state index contributed by atoms with van der Waals surface area (Å²) in [5, 5.41) is 3.20. The predicted molar refractivity (Wildman–Crippen MR) is 106 cm³/mol. The Labute approximate surface area is 162 Å². The van der Waals surface area contributed by atoms with Crippen molar-refractivity contribution in [1.29, 1.82) is 0 Å². The van der Waals surface area contributed by atoms with E-state index >= 15 is 0 Å². The molecular weight excluding hydrogens is 384 g/mol. The van der Waals surface area contributed by atoms with E-state index in [-0.39, 0.29) is 16.2 Å². The van der Waals surface area contributed by atoms with Gasteiger partial charge < -0.3 is 11.1 Å². The highest BCUT2D eigenvalue weighted by Crippen LogP contribution is 2.39. The van der Waals surface area contributed by atoms with Crippen LogP contribution in [0, 0.1) is 5.92 Å². The molecular formula is C19H22N2O4S2. The summed E-state index contributed by atoms with van der Waals surface area (Å²) in [4.78, 5) is 25.8. The van der Waals surface area contributed by atoms with Crippen molar-refractivity contribution in [2.45, 2.75) is 38.0 Å². The molecule has 0 bridgehead atoms. The van der Waals surface area contributed by atoms with Crippen LogP contribution in [0.3, 0.4) is 0 Å². The largest absolute Gasteiger partial charge is 0.365 e. The molecule has 27 heavy (non-hydrogen) atoms. The molecule has 1 atom stereocenters. The van der Waals surface area contributed by atoms with Gasteiger partial charge in [0.2, 0.25) is 0 Å². The van der Waals surface area contributed by atoms with Gasteiger partial charge in [-0.1, -0.05) is 19.9 Å². The van der Waals surface area contributed by atoms with Crippen molar-refractivity contribution in [2.75, 3.05) is 11.1 Å². The maximum atomic E-state index is 12.7. The number of rotatable bonds is 5. The summed E-state index contributed by atoms with van der Waals surface area (Å²) in [5.74, 6) is -0.534. The Morgan fingerprint density at radius 2 is 2.07 bits per heavy atom. The minimum absolute atomic E-state index is 0.0419. The van der Waals surface area contributed by atoms with Crippen LogP contribution in [0.25, 0.3) is 0 Å². The Balaban J connectivity index is 1.93. The second kappa shape index (κ2) is 7.44. The second-order valence-electron chi connectivity index (χ2n) is 6.81. The minimum Gasteiger partial charge on any atom is -0.365 e. The van der Waals surface area contributed by atoms with Gasteiger partial charge >= 0.3 is 0 Å².